The highest BCUT2D eigenvalue weighted by Gasteiger charge is 2.02. The maximum Gasteiger partial charge on any atom is 0.257 e. The average Bonchev–Trinajstić information content (AvgIpc) is 2.66. The predicted octanol–water partition coefficient (Wildman–Crippen LogP) is 1.18. The van der Waals surface area contributed by atoms with Gasteiger partial charge in [0.25, 0.3) is 5.56 Å². The SMILES string of the molecule is O=c1cc2[nH]ncc2c2ccccn12. The van der Waals surface area contributed by atoms with E-state index in [0.717, 1.165) is 16.4 Å². The fraction of sp³-hybridized carbons (Fsp3) is 0. The maximum absolute atomic E-state index is 11.6. The van der Waals surface area contributed by atoms with Crippen LogP contribution in [0, 0.1) is 0 Å². The van der Waals surface area contributed by atoms with E-state index in [1.807, 2.05) is 18.2 Å². The van der Waals surface area contributed by atoms with Crippen molar-refractivity contribution in [1.82, 2.24) is 14.6 Å². The van der Waals surface area contributed by atoms with Crippen LogP contribution in [0.1, 0.15) is 0 Å². The van der Waals surface area contributed by atoms with Gasteiger partial charge in [-0.15, -0.1) is 0 Å². The highest BCUT2D eigenvalue weighted by molar-refractivity contribution is 5.92. The summed E-state index contributed by atoms with van der Waals surface area (Å²) in [6, 6.07) is 7.19. The van der Waals surface area contributed by atoms with Gasteiger partial charge in [0.1, 0.15) is 0 Å². The molecule has 0 aliphatic heterocycles. The van der Waals surface area contributed by atoms with Crippen LogP contribution in [0.15, 0.2) is 41.5 Å². The van der Waals surface area contributed by atoms with E-state index in [1.54, 1.807) is 22.9 Å². The molecule has 0 unspecified atom stereocenters. The van der Waals surface area contributed by atoms with Crippen molar-refractivity contribution in [3.8, 4) is 0 Å². The summed E-state index contributed by atoms with van der Waals surface area (Å²) in [4.78, 5) is 11.6. The molecule has 0 atom stereocenters. The number of pyridine rings is 2. The summed E-state index contributed by atoms with van der Waals surface area (Å²) in [6.07, 6.45) is 3.48. The molecule has 3 aromatic heterocycles. The molecule has 0 amide bonds. The molecule has 3 rings (SSSR count). The van der Waals surface area contributed by atoms with E-state index in [9.17, 15) is 4.79 Å². The van der Waals surface area contributed by atoms with Crippen LogP contribution in [-0.4, -0.2) is 14.6 Å². The molecule has 3 heterocycles. The Balaban J connectivity index is 2.74. The highest BCUT2D eigenvalue weighted by Crippen LogP contribution is 2.14. The lowest BCUT2D eigenvalue weighted by molar-refractivity contribution is 1.10. The van der Waals surface area contributed by atoms with E-state index in [2.05, 4.69) is 10.2 Å². The van der Waals surface area contributed by atoms with E-state index in [4.69, 9.17) is 0 Å². The zero-order valence-electron chi connectivity index (χ0n) is 7.27. The fourth-order valence-corrected chi connectivity index (χ4v) is 1.66. The van der Waals surface area contributed by atoms with Crippen LogP contribution < -0.4 is 5.56 Å². The molecule has 0 fully saturated rings. The number of aromatic amines is 1. The van der Waals surface area contributed by atoms with Crippen LogP contribution in [0.25, 0.3) is 16.4 Å². The monoisotopic (exact) mass is 185 g/mol. The molecule has 4 heteroatoms. The van der Waals surface area contributed by atoms with E-state index in [1.165, 1.54) is 0 Å². The minimum Gasteiger partial charge on any atom is -0.284 e. The summed E-state index contributed by atoms with van der Waals surface area (Å²) < 4.78 is 1.61. The van der Waals surface area contributed by atoms with Gasteiger partial charge in [0.05, 0.1) is 17.2 Å². The Morgan fingerprint density at radius 2 is 2.29 bits per heavy atom. The predicted molar refractivity (Wildman–Crippen MR) is 53.3 cm³/mol. The Morgan fingerprint density at radius 1 is 1.36 bits per heavy atom. The summed E-state index contributed by atoms with van der Waals surface area (Å²) in [6.45, 7) is 0. The van der Waals surface area contributed by atoms with Gasteiger partial charge in [0, 0.05) is 17.6 Å². The lowest BCUT2D eigenvalue weighted by atomic mass is 10.2. The van der Waals surface area contributed by atoms with E-state index >= 15 is 0 Å². The number of rotatable bonds is 0. The molecule has 0 aromatic carbocycles. The Morgan fingerprint density at radius 3 is 3.21 bits per heavy atom. The highest BCUT2D eigenvalue weighted by atomic mass is 16.1. The standard InChI is InChI=1S/C10H7N3O/c14-10-5-8-7(6-11-12-8)9-3-1-2-4-13(9)10/h1-6,12H. The third-order valence-electron chi connectivity index (χ3n) is 2.31. The van der Waals surface area contributed by atoms with Crippen LogP contribution in [0.5, 0.6) is 0 Å². The summed E-state index contributed by atoms with van der Waals surface area (Å²) in [5.74, 6) is 0. The molecule has 1 N–H and O–H groups in total. The smallest absolute Gasteiger partial charge is 0.257 e. The number of H-pyrrole nitrogens is 1. The van der Waals surface area contributed by atoms with Gasteiger partial charge in [-0.05, 0) is 12.1 Å². The normalized spacial score (nSPS) is 11.1. The van der Waals surface area contributed by atoms with Crippen molar-refractivity contribution in [1.29, 1.82) is 0 Å². The van der Waals surface area contributed by atoms with Crippen molar-refractivity contribution in [3.63, 3.8) is 0 Å². The Bertz CT molecular complexity index is 665. The van der Waals surface area contributed by atoms with Crippen molar-refractivity contribution >= 4 is 16.4 Å². The Labute approximate surface area is 78.8 Å². The molecule has 0 radical (unpaired) electrons. The van der Waals surface area contributed by atoms with Crippen LogP contribution in [-0.2, 0) is 0 Å². The zero-order chi connectivity index (χ0) is 9.54. The molecule has 68 valence electrons. The topological polar surface area (TPSA) is 50.2 Å². The maximum atomic E-state index is 11.6. The van der Waals surface area contributed by atoms with Crippen molar-refractivity contribution in [2.45, 2.75) is 0 Å². The van der Waals surface area contributed by atoms with Crippen molar-refractivity contribution in [2.75, 3.05) is 0 Å². The van der Waals surface area contributed by atoms with Crippen LogP contribution in [0.4, 0.5) is 0 Å². The number of fused-ring (bicyclic) bond motifs is 3. The first kappa shape index (κ1) is 7.32. The number of nitrogens with zero attached hydrogens (tertiary/aromatic N) is 2. The molecule has 0 saturated carbocycles. The van der Waals surface area contributed by atoms with Gasteiger partial charge in [-0.3, -0.25) is 14.3 Å². The minimum atomic E-state index is -0.0441. The number of hydrogen-bond donors (Lipinski definition) is 1. The van der Waals surface area contributed by atoms with Gasteiger partial charge in [0.15, 0.2) is 0 Å². The molecular weight excluding hydrogens is 178 g/mol. The Hall–Kier alpha value is -2.10. The third kappa shape index (κ3) is 0.821. The van der Waals surface area contributed by atoms with E-state index in [-0.39, 0.29) is 5.56 Å². The average molecular weight is 185 g/mol. The van der Waals surface area contributed by atoms with Gasteiger partial charge < -0.3 is 0 Å². The molecule has 0 saturated heterocycles. The molecular formula is C10H7N3O. The second-order valence-corrected chi connectivity index (χ2v) is 3.14. The number of aromatic nitrogens is 3. The van der Waals surface area contributed by atoms with Gasteiger partial charge in [0.2, 0.25) is 0 Å². The first-order valence-electron chi connectivity index (χ1n) is 4.30. The quantitative estimate of drug-likeness (QED) is 0.571. The van der Waals surface area contributed by atoms with Crippen LogP contribution in [0.2, 0.25) is 0 Å². The third-order valence-corrected chi connectivity index (χ3v) is 2.31. The molecule has 0 aliphatic carbocycles. The second kappa shape index (κ2) is 2.45. The van der Waals surface area contributed by atoms with Crippen LogP contribution >= 0.6 is 0 Å². The lowest BCUT2D eigenvalue weighted by Gasteiger charge is -1.99. The van der Waals surface area contributed by atoms with Crippen molar-refractivity contribution < 1.29 is 0 Å². The first-order valence-corrected chi connectivity index (χ1v) is 4.30. The van der Waals surface area contributed by atoms with Gasteiger partial charge in [-0.2, -0.15) is 5.10 Å². The van der Waals surface area contributed by atoms with Gasteiger partial charge >= 0.3 is 0 Å². The summed E-state index contributed by atoms with van der Waals surface area (Å²) in [5.41, 5.74) is 1.61. The van der Waals surface area contributed by atoms with Gasteiger partial charge in [-0.1, -0.05) is 6.07 Å². The number of hydrogen-bond acceptors (Lipinski definition) is 2. The summed E-state index contributed by atoms with van der Waals surface area (Å²) >= 11 is 0. The largest absolute Gasteiger partial charge is 0.284 e. The molecule has 14 heavy (non-hydrogen) atoms. The number of nitrogens with one attached hydrogen (secondary N) is 1. The summed E-state index contributed by atoms with van der Waals surface area (Å²) in [5, 5.41) is 7.67. The minimum absolute atomic E-state index is 0.0441. The fourth-order valence-electron chi connectivity index (χ4n) is 1.66. The second-order valence-electron chi connectivity index (χ2n) is 3.14. The summed E-state index contributed by atoms with van der Waals surface area (Å²) in [7, 11) is 0. The van der Waals surface area contributed by atoms with Crippen molar-refractivity contribution in [3.05, 3.63) is 47.0 Å². The molecule has 0 spiro atoms. The zero-order valence-corrected chi connectivity index (χ0v) is 7.27. The molecule has 4 nitrogen and oxygen atoms in total. The van der Waals surface area contributed by atoms with Crippen LogP contribution in [0.3, 0.4) is 0 Å². The van der Waals surface area contributed by atoms with Crippen molar-refractivity contribution in [2.24, 2.45) is 0 Å². The lowest BCUT2D eigenvalue weighted by Crippen LogP contribution is -2.11. The molecule has 0 bridgehead atoms. The van der Waals surface area contributed by atoms with Gasteiger partial charge in [-0.25, -0.2) is 0 Å². The van der Waals surface area contributed by atoms with E-state index < -0.39 is 0 Å². The molecule has 3 aromatic rings. The van der Waals surface area contributed by atoms with E-state index in [0.29, 0.717) is 0 Å². The first-order chi connectivity index (χ1) is 6.86. The Kier molecular flexibility index (Phi) is 1.28. The molecule has 0 aliphatic rings.